The van der Waals surface area contributed by atoms with Crippen molar-refractivity contribution in [2.24, 2.45) is 0 Å². The summed E-state index contributed by atoms with van der Waals surface area (Å²) in [5.74, 6) is 0.891. The fourth-order valence-corrected chi connectivity index (χ4v) is 1.68. The summed E-state index contributed by atoms with van der Waals surface area (Å²) in [7, 11) is 0. The second kappa shape index (κ2) is 6.06. The second-order valence-corrected chi connectivity index (χ2v) is 4.58. The van der Waals surface area contributed by atoms with E-state index < -0.39 is 0 Å². The summed E-state index contributed by atoms with van der Waals surface area (Å²) in [5, 5.41) is 2.69. The highest BCUT2D eigenvalue weighted by Crippen LogP contribution is 2.19. The van der Waals surface area contributed by atoms with Gasteiger partial charge < -0.3 is 15.8 Å². The molecule has 0 atom stereocenters. The van der Waals surface area contributed by atoms with Crippen LogP contribution < -0.4 is 15.8 Å². The zero-order valence-corrected chi connectivity index (χ0v) is 11.5. The fraction of sp³-hybridized carbons (Fsp3) is 0.200. The molecule has 0 aliphatic heterocycles. The molecule has 0 aliphatic rings. The Morgan fingerprint density at radius 1 is 1.30 bits per heavy atom. The van der Waals surface area contributed by atoms with Crippen LogP contribution >= 0.6 is 0 Å². The molecule has 104 valence electrons. The number of rotatable bonds is 4. The molecule has 1 aromatic heterocycles. The molecule has 0 radical (unpaired) electrons. The van der Waals surface area contributed by atoms with Gasteiger partial charge in [0, 0.05) is 0 Å². The van der Waals surface area contributed by atoms with Gasteiger partial charge in [-0.25, -0.2) is 4.98 Å². The van der Waals surface area contributed by atoms with E-state index in [9.17, 15) is 4.79 Å². The number of aromatic nitrogens is 1. The molecule has 2 rings (SSSR count). The first-order valence-electron chi connectivity index (χ1n) is 6.26. The molecule has 1 amide bonds. The number of aryl methyl sites for hydroxylation is 2. The van der Waals surface area contributed by atoms with Gasteiger partial charge in [0.15, 0.2) is 6.61 Å². The van der Waals surface area contributed by atoms with Crippen LogP contribution in [0.15, 0.2) is 36.5 Å². The number of amides is 1. The van der Waals surface area contributed by atoms with E-state index >= 15 is 0 Å². The SMILES string of the molecule is Cc1ccc(C)c(OCC(=O)Nc2ccc(N)nc2)c1. The van der Waals surface area contributed by atoms with Crippen molar-refractivity contribution in [3.8, 4) is 5.75 Å². The van der Waals surface area contributed by atoms with Crippen molar-refractivity contribution < 1.29 is 9.53 Å². The predicted molar refractivity (Wildman–Crippen MR) is 78.7 cm³/mol. The normalized spacial score (nSPS) is 10.1. The van der Waals surface area contributed by atoms with Gasteiger partial charge >= 0.3 is 0 Å². The van der Waals surface area contributed by atoms with E-state index in [4.69, 9.17) is 10.5 Å². The number of anilines is 2. The molecule has 0 saturated heterocycles. The Hall–Kier alpha value is -2.56. The average molecular weight is 271 g/mol. The molecular formula is C15H17N3O2. The van der Waals surface area contributed by atoms with Crippen LogP contribution in [0.25, 0.3) is 0 Å². The molecule has 0 bridgehead atoms. The summed E-state index contributed by atoms with van der Waals surface area (Å²) in [5.41, 5.74) is 8.16. The Morgan fingerprint density at radius 3 is 2.80 bits per heavy atom. The Morgan fingerprint density at radius 2 is 2.10 bits per heavy atom. The molecule has 0 saturated carbocycles. The topological polar surface area (TPSA) is 77.2 Å². The third-order valence-corrected chi connectivity index (χ3v) is 2.77. The van der Waals surface area contributed by atoms with E-state index in [1.807, 2.05) is 32.0 Å². The Balaban J connectivity index is 1.92. The number of ether oxygens (including phenoxy) is 1. The van der Waals surface area contributed by atoms with Crippen molar-refractivity contribution in [3.63, 3.8) is 0 Å². The lowest BCUT2D eigenvalue weighted by Gasteiger charge is -2.10. The van der Waals surface area contributed by atoms with Crippen molar-refractivity contribution in [1.82, 2.24) is 4.98 Å². The zero-order valence-electron chi connectivity index (χ0n) is 11.5. The summed E-state index contributed by atoms with van der Waals surface area (Å²) < 4.78 is 5.52. The van der Waals surface area contributed by atoms with Gasteiger partial charge in [-0.05, 0) is 43.2 Å². The van der Waals surface area contributed by atoms with Crippen LogP contribution in [0.2, 0.25) is 0 Å². The van der Waals surface area contributed by atoms with Gasteiger partial charge in [0.05, 0.1) is 11.9 Å². The predicted octanol–water partition coefficient (Wildman–Crippen LogP) is 2.30. The van der Waals surface area contributed by atoms with E-state index in [1.165, 1.54) is 6.20 Å². The van der Waals surface area contributed by atoms with E-state index in [0.717, 1.165) is 16.9 Å². The molecule has 5 heteroatoms. The molecule has 0 fully saturated rings. The molecule has 20 heavy (non-hydrogen) atoms. The lowest BCUT2D eigenvalue weighted by atomic mass is 10.1. The number of carbonyl (C=O) groups excluding carboxylic acids is 1. The van der Waals surface area contributed by atoms with E-state index in [1.54, 1.807) is 12.1 Å². The molecule has 1 aromatic carbocycles. The maximum Gasteiger partial charge on any atom is 0.262 e. The number of nitrogens with zero attached hydrogens (tertiary/aromatic N) is 1. The monoisotopic (exact) mass is 271 g/mol. The van der Waals surface area contributed by atoms with Crippen LogP contribution in [0.1, 0.15) is 11.1 Å². The van der Waals surface area contributed by atoms with E-state index in [2.05, 4.69) is 10.3 Å². The highest BCUT2D eigenvalue weighted by atomic mass is 16.5. The number of benzene rings is 1. The Labute approximate surface area is 117 Å². The number of nitrogens with two attached hydrogens (primary N) is 1. The van der Waals surface area contributed by atoms with Crippen molar-refractivity contribution in [2.45, 2.75) is 13.8 Å². The highest BCUT2D eigenvalue weighted by Gasteiger charge is 2.06. The number of pyridine rings is 1. The summed E-state index contributed by atoms with van der Waals surface area (Å²) >= 11 is 0. The minimum absolute atomic E-state index is 0.0470. The van der Waals surface area contributed by atoms with Crippen molar-refractivity contribution in [3.05, 3.63) is 47.7 Å². The van der Waals surface area contributed by atoms with Crippen LogP contribution in [-0.4, -0.2) is 17.5 Å². The molecule has 5 nitrogen and oxygen atoms in total. The lowest BCUT2D eigenvalue weighted by molar-refractivity contribution is -0.118. The largest absolute Gasteiger partial charge is 0.483 e. The Bertz CT molecular complexity index is 609. The number of carbonyl (C=O) groups is 1. The van der Waals surface area contributed by atoms with Crippen LogP contribution in [-0.2, 0) is 4.79 Å². The smallest absolute Gasteiger partial charge is 0.262 e. The van der Waals surface area contributed by atoms with Crippen molar-refractivity contribution >= 4 is 17.4 Å². The third kappa shape index (κ3) is 3.71. The Kier molecular flexibility index (Phi) is 4.20. The van der Waals surface area contributed by atoms with Gasteiger partial charge in [-0.3, -0.25) is 4.79 Å². The summed E-state index contributed by atoms with van der Waals surface area (Å²) in [4.78, 5) is 15.7. The first-order valence-corrected chi connectivity index (χ1v) is 6.26. The van der Waals surface area contributed by atoms with Gasteiger partial charge in [-0.2, -0.15) is 0 Å². The van der Waals surface area contributed by atoms with Gasteiger partial charge in [0.2, 0.25) is 0 Å². The lowest BCUT2D eigenvalue weighted by Crippen LogP contribution is -2.20. The van der Waals surface area contributed by atoms with Crippen molar-refractivity contribution in [1.29, 1.82) is 0 Å². The molecule has 1 heterocycles. The first-order chi connectivity index (χ1) is 9.54. The van der Waals surface area contributed by atoms with Gasteiger partial charge in [0.1, 0.15) is 11.6 Å². The summed E-state index contributed by atoms with van der Waals surface area (Å²) in [6.45, 7) is 3.87. The minimum atomic E-state index is -0.238. The molecule has 0 unspecified atom stereocenters. The molecule has 3 N–H and O–H groups in total. The maximum atomic E-state index is 11.8. The highest BCUT2D eigenvalue weighted by molar-refractivity contribution is 5.91. The standard InChI is InChI=1S/C15H17N3O2/c1-10-3-4-11(2)13(7-10)20-9-15(19)18-12-5-6-14(16)17-8-12/h3-8H,9H2,1-2H3,(H2,16,17)(H,18,19). The number of hydrogen-bond donors (Lipinski definition) is 2. The van der Waals surface area contributed by atoms with Crippen LogP contribution in [0, 0.1) is 13.8 Å². The maximum absolute atomic E-state index is 11.8. The van der Waals surface area contributed by atoms with Gasteiger partial charge in [-0.15, -0.1) is 0 Å². The molecular weight excluding hydrogens is 254 g/mol. The average Bonchev–Trinajstić information content (AvgIpc) is 2.42. The zero-order chi connectivity index (χ0) is 14.5. The molecule has 0 spiro atoms. The summed E-state index contributed by atoms with van der Waals surface area (Å²) in [6.07, 6.45) is 1.51. The summed E-state index contributed by atoms with van der Waals surface area (Å²) in [6, 6.07) is 9.20. The number of nitrogens with one attached hydrogen (secondary N) is 1. The number of hydrogen-bond acceptors (Lipinski definition) is 4. The van der Waals surface area contributed by atoms with Gasteiger partial charge in [-0.1, -0.05) is 12.1 Å². The first kappa shape index (κ1) is 13.9. The van der Waals surface area contributed by atoms with Crippen LogP contribution in [0.3, 0.4) is 0 Å². The molecule has 0 aliphatic carbocycles. The van der Waals surface area contributed by atoms with Crippen LogP contribution in [0.4, 0.5) is 11.5 Å². The number of nitrogen functional groups attached to an aromatic ring is 1. The third-order valence-electron chi connectivity index (χ3n) is 2.77. The fourth-order valence-electron chi connectivity index (χ4n) is 1.68. The van der Waals surface area contributed by atoms with Crippen LogP contribution in [0.5, 0.6) is 5.75 Å². The van der Waals surface area contributed by atoms with E-state index in [-0.39, 0.29) is 12.5 Å². The second-order valence-electron chi connectivity index (χ2n) is 4.58. The van der Waals surface area contributed by atoms with Crippen molar-refractivity contribution in [2.75, 3.05) is 17.7 Å². The minimum Gasteiger partial charge on any atom is -0.483 e. The van der Waals surface area contributed by atoms with E-state index in [0.29, 0.717) is 11.5 Å². The van der Waals surface area contributed by atoms with Gasteiger partial charge in [0.25, 0.3) is 5.91 Å². The molecule has 2 aromatic rings. The quantitative estimate of drug-likeness (QED) is 0.894.